The minimum absolute atomic E-state index is 0.0341. The van der Waals surface area contributed by atoms with Gasteiger partial charge in [0, 0.05) is 18.7 Å². The molecule has 0 bridgehead atoms. The summed E-state index contributed by atoms with van der Waals surface area (Å²) in [5.41, 5.74) is -0.0341. The first-order valence-corrected chi connectivity index (χ1v) is 7.60. The Morgan fingerprint density at radius 1 is 1.45 bits per heavy atom. The maximum Gasteiger partial charge on any atom is 0.288 e. The van der Waals surface area contributed by atoms with E-state index < -0.39 is 4.92 Å². The number of rotatable bonds is 5. The molecule has 1 aromatic rings. The van der Waals surface area contributed by atoms with Crippen LogP contribution in [0.4, 0.5) is 11.5 Å². The van der Waals surface area contributed by atoms with Gasteiger partial charge in [0.2, 0.25) is 0 Å². The number of anilines is 1. The Hall–Kier alpha value is -1.21. The zero-order chi connectivity index (χ0) is 14.5. The highest BCUT2D eigenvalue weighted by Crippen LogP contribution is 2.32. The van der Waals surface area contributed by atoms with Crippen LogP contribution in [0.5, 0.6) is 0 Å². The number of nitro groups is 1. The summed E-state index contributed by atoms with van der Waals surface area (Å²) < 4.78 is 0.603. The van der Waals surface area contributed by atoms with Crippen molar-refractivity contribution in [2.24, 2.45) is 0 Å². The van der Waals surface area contributed by atoms with Crippen molar-refractivity contribution in [1.29, 1.82) is 0 Å². The lowest BCUT2D eigenvalue weighted by atomic mass is 9.94. The van der Waals surface area contributed by atoms with E-state index in [2.05, 4.69) is 25.8 Å². The van der Waals surface area contributed by atoms with E-state index in [1.54, 1.807) is 0 Å². The fraction of sp³-hybridized carbons (Fsp3) is 0.615. The van der Waals surface area contributed by atoms with E-state index in [0.717, 1.165) is 12.8 Å². The van der Waals surface area contributed by atoms with Crippen LogP contribution in [0.15, 0.2) is 16.7 Å². The molecule has 0 atom stereocenters. The van der Waals surface area contributed by atoms with Crippen molar-refractivity contribution in [3.8, 4) is 0 Å². The fourth-order valence-corrected chi connectivity index (χ4v) is 3.26. The van der Waals surface area contributed by atoms with Crippen molar-refractivity contribution in [1.82, 2.24) is 4.98 Å². The van der Waals surface area contributed by atoms with Crippen LogP contribution < -0.4 is 4.90 Å². The van der Waals surface area contributed by atoms with Crippen LogP contribution in [-0.2, 0) is 0 Å². The topological polar surface area (TPSA) is 79.5 Å². The van der Waals surface area contributed by atoms with Gasteiger partial charge in [-0.2, -0.15) is 0 Å². The number of aliphatic hydroxyl groups is 1. The monoisotopic (exact) mass is 343 g/mol. The van der Waals surface area contributed by atoms with Crippen molar-refractivity contribution in [2.45, 2.75) is 38.1 Å². The normalized spacial score (nSPS) is 16.1. The number of nitrogens with zero attached hydrogens (tertiary/aromatic N) is 3. The molecule has 1 aliphatic carbocycles. The van der Waals surface area contributed by atoms with Gasteiger partial charge in [-0.15, -0.1) is 0 Å². The molecule has 0 saturated heterocycles. The largest absolute Gasteiger partial charge is 0.395 e. The van der Waals surface area contributed by atoms with Crippen molar-refractivity contribution in [3.05, 3.63) is 26.9 Å². The summed E-state index contributed by atoms with van der Waals surface area (Å²) in [6.45, 7) is 0.537. The van der Waals surface area contributed by atoms with Crippen LogP contribution in [0.2, 0.25) is 0 Å². The Labute approximate surface area is 126 Å². The maximum absolute atomic E-state index is 10.8. The molecule has 7 heteroatoms. The van der Waals surface area contributed by atoms with Gasteiger partial charge < -0.3 is 10.0 Å². The van der Waals surface area contributed by atoms with Gasteiger partial charge in [0.05, 0.1) is 16.0 Å². The fourth-order valence-electron chi connectivity index (χ4n) is 2.69. The molecule has 110 valence electrons. The SMILES string of the molecule is O=[N+]([O-])c1cnc(N(CCO)C2CCCCC2)c(Br)c1. The highest BCUT2D eigenvalue weighted by Gasteiger charge is 2.24. The first-order chi connectivity index (χ1) is 9.63. The molecular weight excluding hydrogens is 326 g/mol. The molecule has 1 aliphatic rings. The Morgan fingerprint density at radius 3 is 2.70 bits per heavy atom. The second-order valence-corrected chi connectivity index (χ2v) is 5.82. The number of pyridine rings is 1. The van der Waals surface area contributed by atoms with Crippen molar-refractivity contribution in [3.63, 3.8) is 0 Å². The number of halogens is 1. The van der Waals surface area contributed by atoms with E-state index >= 15 is 0 Å². The number of aliphatic hydroxyl groups excluding tert-OH is 1. The first kappa shape index (κ1) is 15.2. The molecule has 0 amide bonds. The van der Waals surface area contributed by atoms with Gasteiger partial charge in [-0.3, -0.25) is 10.1 Å². The van der Waals surface area contributed by atoms with Crippen LogP contribution in [0, 0.1) is 10.1 Å². The number of aromatic nitrogens is 1. The van der Waals surface area contributed by atoms with Gasteiger partial charge in [-0.05, 0) is 28.8 Å². The molecule has 2 rings (SSSR count). The van der Waals surface area contributed by atoms with E-state index in [9.17, 15) is 15.2 Å². The minimum Gasteiger partial charge on any atom is -0.395 e. The zero-order valence-electron chi connectivity index (χ0n) is 11.2. The lowest BCUT2D eigenvalue weighted by molar-refractivity contribution is -0.385. The van der Waals surface area contributed by atoms with E-state index in [-0.39, 0.29) is 12.3 Å². The second kappa shape index (κ2) is 6.99. The molecule has 0 aromatic carbocycles. The third kappa shape index (κ3) is 3.46. The average molecular weight is 344 g/mol. The molecule has 0 spiro atoms. The quantitative estimate of drug-likeness (QED) is 0.656. The van der Waals surface area contributed by atoms with E-state index in [1.807, 2.05) is 0 Å². The molecule has 0 radical (unpaired) electrons. The highest BCUT2D eigenvalue weighted by atomic mass is 79.9. The average Bonchev–Trinajstić information content (AvgIpc) is 2.46. The summed E-state index contributed by atoms with van der Waals surface area (Å²) in [6.07, 6.45) is 7.02. The molecule has 1 aromatic heterocycles. The molecule has 20 heavy (non-hydrogen) atoms. The van der Waals surface area contributed by atoms with Gasteiger partial charge in [0.1, 0.15) is 12.0 Å². The van der Waals surface area contributed by atoms with Gasteiger partial charge >= 0.3 is 0 Å². The Kier molecular flexibility index (Phi) is 5.31. The summed E-state index contributed by atoms with van der Waals surface area (Å²) in [4.78, 5) is 16.6. The molecule has 1 N–H and O–H groups in total. The lowest BCUT2D eigenvalue weighted by Gasteiger charge is -2.35. The molecule has 0 aliphatic heterocycles. The van der Waals surface area contributed by atoms with Crippen LogP contribution in [0.3, 0.4) is 0 Å². The summed E-state index contributed by atoms with van der Waals surface area (Å²) in [7, 11) is 0. The molecular formula is C13H18BrN3O3. The number of hydrogen-bond acceptors (Lipinski definition) is 5. The van der Waals surface area contributed by atoms with E-state index in [1.165, 1.54) is 31.5 Å². The maximum atomic E-state index is 10.8. The molecule has 1 heterocycles. The van der Waals surface area contributed by atoms with Gasteiger partial charge in [0.15, 0.2) is 0 Å². The Balaban J connectivity index is 2.26. The van der Waals surface area contributed by atoms with Crippen molar-refractivity contribution in [2.75, 3.05) is 18.1 Å². The molecule has 0 unspecified atom stereocenters. The van der Waals surface area contributed by atoms with Crippen molar-refractivity contribution >= 4 is 27.4 Å². The standard InChI is InChI=1S/C13H18BrN3O3/c14-12-8-11(17(19)20)9-15-13(12)16(6-7-18)10-4-2-1-3-5-10/h8-10,18H,1-7H2. The lowest BCUT2D eigenvalue weighted by Crippen LogP contribution is -2.39. The first-order valence-electron chi connectivity index (χ1n) is 6.81. The summed E-state index contributed by atoms with van der Waals surface area (Å²) in [6, 6.07) is 1.82. The zero-order valence-corrected chi connectivity index (χ0v) is 12.8. The van der Waals surface area contributed by atoms with Crippen LogP contribution in [0.1, 0.15) is 32.1 Å². The van der Waals surface area contributed by atoms with E-state index in [0.29, 0.717) is 22.9 Å². The van der Waals surface area contributed by atoms with Crippen LogP contribution >= 0.6 is 15.9 Å². The summed E-state index contributed by atoms with van der Waals surface area (Å²) >= 11 is 3.36. The predicted molar refractivity (Wildman–Crippen MR) is 79.9 cm³/mol. The van der Waals surface area contributed by atoms with Crippen LogP contribution in [0.25, 0.3) is 0 Å². The van der Waals surface area contributed by atoms with Crippen molar-refractivity contribution < 1.29 is 10.0 Å². The second-order valence-electron chi connectivity index (χ2n) is 4.96. The van der Waals surface area contributed by atoms with Gasteiger partial charge in [-0.25, -0.2) is 4.98 Å². The summed E-state index contributed by atoms with van der Waals surface area (Å²) in [5.74, 6) is 0.677. The third-order valence-corrected chi connectivity index (χ3v) is 4.23. The number of hydrogen-bond donors (Lipinski definition) is 1. The molecule has 6 nitrogen and oxygen atoms in total. The highest BCUT2D eigenvalue weighted by molar-refractivity contribution is 9.10. The molecule has 1 fully saturated rings. The summed E-state index contributed by atoms with van der Waals surface area (Å²) in [5, 5.41) is 20.0. The van der Waals surface area contributed by atoms with E-state index in [4.69, 9.17) is 0 Å². The Morgan fingerprint density at radius 2 is 2.15 bits per heavy atom. The smallest absolute Gasteiger partial charge is 0.288 e. The van der Waals surface area contributed by atoms with Gasteiger partial charge in [-0.1, -0.05) is 19.3 Å². The van der Waals surface area contributed by atoms with Gasteiger partial charge in [0.25, 0.3) is 5.69 Å². The third-order valence-electron chi connectivity index (χ3n) is 3.65. The minimum atomic E-state index is -0.460. The molecule has 1 saturated carbocycles. The Bertz CT molecular complexity index is 478. The van der Waals surface area contributed by atoms with Crippen LogP contribution in [-0.4, -0.2) is 34.2 Å². The predicted octanol–water partition coefficient (Wildman–Crippen LogP) is 2.88.